The smallest absolute Gasteiger partial charge is 0.271 e. The minimum Gasteiger partial charge on any atom is -0.281 e. The molecule has 9 heteroatoms. The Morgan fingerprint density at radius 1 is 1.04 bits per heavy atom. The van der Waals surface area contributed by atoms with Crippen molar-refractivity contribution in [3.63, 3.8) is 0 Å². The van der Waals surface area contributed by atoms with Crippen LogP contribution in [0.2, 0.25) is 5.02 Å². The van der Waals surface area contributed by atoms with Gasteiger partial charge in [-0.05, 0) is 31.2 Å². The molecule has 0 atom stereocenters. The molecule has 2 aromatic carbocycles. The van der Waals surface area contributed by atoms with Gasteiger partial charge in [-0.25, -0.2) is 17.6 Å². The zero-order valence-electron chi connectivity index (χ0n) is 14.8. The number of hydrogen-bond acceptors (Lipinski definition) is 3. The van der Waals surface area contributed by atoms with Crippen LogP contribution in [0, 0.1) is 18.6 Å². The summed E-state index contributed by atoms with van der Waals surface area (Å²) in [5.74, 6) is -4.14. The van der Waals surface area contributed by atoms with Gasteiger partial charge in [-0.2, -0.15) is 0 Å². The molecule has 1 aromatic heterocycles. The van der Waals surface area contributed by atoms with Crippen molar-refractivity contribution in [2.24, 2.45) is 4.99 Å². The van der Waals surface area contributed by atoms with Crippen molar-refractivity contribution >= 4 is 17.3 Å². The predicted octanol–water partition coefficient (Wildman–Crippen LogP) is 4.97. The van der Waals surface area contributed by atoms with Gasteiger partial charge in [0.15, 0.2) is 5.82 Å². The van der Waals surface area contributed by atoms with Crippen LogP contribution < -0.4 is 0 Å². The van der Waals surface area contributed by atoms with E-state index >= 15 is 0 Å². The first-order chi connectivity index (χ1) is 13.2. The van der Waals surface area contributed by atoms with Crippen molar-refractivity contribution in [1.29, 1.82) is 0 Å². The standard InChI is InChI=1S/C19H13ClF4N4/c1-9-26-27-14-8-25-18(15-11(21)4-3-5-12(15)22)16-13(28(9)14)7-6-10(17(16)20)19(2,23)24/h3-7H,8H2,1-2H3. The fourth-order valence-corrected chi connectivity index (χ4v) is 3.71. The molecule has 0 fully saturated rings. The summed E-state index contributed by atoms with van der Waals surface area (Å²) in [6.45, 7) is 2.32. The van der Waals surface area contributed by atoms with Crippen molar-refractivity contribution in [3.8, 4) is 5.69 Å². The molecular formula is C19H13ClF4N4. The van der Waals surface area contributed by atoms with Gasteiger partial charge in [0.05, 0.1) is 22.0 Å². The van der Waals surface area contributed by atoms with E-state index in [4.69, 9.17) is 11.6 Å². The summed E-state index contributed by atoms with van der Waals surface area (Å²) < 4.78 is 58.8. The number of benzene rings is 2. The van der Waals surface area contributed by atoms with Crippen LogP contribution in [0.25, 0.3) is 5.69 Å². The number of rotatable bonds is 2. The maximum atomic E-state index is 14.5. The number of aryl methyl sites for hydroxylation is 1. The second kappa shape index (κ2) is 6.41. The highest BCUT2D eigenvalue weighted by Gasteiger charge is 2.34. The molecule has 28 heavy (non-hydrogen) atoms. The lowest BCUT2D eigenvalue weighted by atomic mass is 9.95. The molecule has 0 saturated carbocycles. The first-order valence-electron chi connectivity index (χ1n) is 8.31. The molecule has 0 N–H and O–H groups in total. The van der Waals surface area contributed by atoms with Crippen LogP contribution in [0.1, 0.15) is 35.3 Å². The number of hydrogen-bond donors (Lipinski definition) is 0. The Morgan fingerprint density at radius 2 is 1.71 bits per heavy atom. The summed E-state index contributed by atoms with van der Waals surface area (Å²) in [7, 11) is 0. The van der Waals surface area contributed by atoms with Crippen LogP contribution in [-0.2, 0) is 12.5 Å². The molecule has 4 nitrogen and oxygen atoms in total. The summed E-state index contributed by atoms with van der Waals surface area (Å²) in [4.78, 5) is 4.28. The number of aromatic nitrogens is 3. The maximum absolute atomic E-state index is 14.5. The second-order valence-corrected chi connectivity index (χ2v) is 6.85. The SMILES string of the molecule is Cc1nnc2n1-c1ccc(C(C)(F)F)c(Cl)c1C(c1c(F)cccc1F)=NC2. The van der Waals surface area contributed by atoms with Gasteiger partial charge in [0, 0.05) is 18.1 Å². The van der Waals surface area contributed by atoms with Crippen molar-refractivity contribution in [1.82, 2.24) is 14.8 Å². The highest BCUT2D eigenvalue weighted by molar-refractivity contribution is 6.37. The molecule has 0 aliphatic carbocycles. The van der Waals surface area contributed by atoms with E-state index in [0.29, 0.717) is 24.3 Å². The van der Waals surface area contributed by atoms with Gasteiger partial charge < -0.3 is 0 Å². The highest BCUT2D eigenvalue weighted by atomic mass is 35.5. The molecule has 3 aromatic rings. The van der Waals surface area contributed by atoms with Crippen LogP contribution in [0.15, 0.2) is 35.3 Å². The molecule has 0 amide bonds. The fraction of sp³-hybridized carbons (Fsp3) is 0.211. The second-order valence-electron chi connectivity index (χ2n) is 6.47. The topological polar surface area (TPSA) is 43.1 Å². The van der Waals surface area contributed by atoms with Crippen LogP contribution in [0.4, 0.5) is 17.6 Å². The molecule has 144 valence electrons. The lowest BCUT2D eigenvalue weighted by Gasteiger charge is -2.20. The van der Waals surface area contributed by atoms with Gasteiger partial charge >= 0.3 is 0 Å². The van der Waals surface area contributed by atoms with E-state index in [1.807, 2.05) is 0 Å². The van der Waals surface area contributed by atoms with Crippen molar-refractivity contribution in [2.75, 3.05) is 0 Å². The van der Waals surface area contributed by atoms with Crippen LogP contribution in [-0.4, -0.2) is 20.5 Å². The molecular weight excluding hydrogens is 396 g/mol. The van der Waals surface area contributed by atoms with Gasteiger partial charge in [0.25, 0.3) is 5.92 Å². The largest absolute Gasteiger partial charge is 0.281 e. The number of aliphatic imine (C=N–C) groups is 1. The normalized spacial score (nSPS) is 13.6. The molecule has 1 aliphatic rings. The van der Waals surface area contributed by atoms with Gasteiger partial charge in [-0.3, -0.25) is 9.56 Å². The van der Waals surface area contributed by atoms with Crippen molar-refractivity contribution in [3.05, 3.63) is 75.3 Å². The van der Waals surface area contributed by atoms with E-state index in [0.717, 1.165) is 12.1 Å². The summed E-state index contributed by atoms with van der Waals surface area (Å²) >= 11 is 6.36. The third-order valence-corrected chi connectivity index (χ3v) is 4.93. The Morgan fingerprint density at radius 3 is 2.36 bits per heavy atom. The number of alkyl halides is 2. The Labute approximate surface area is 162 Å². The van der Waals surface area contributed by atoms with E-state index in [2.05, 4.69) is 15.2 Å². The van der Waals surface area contributed by atoms with Crippen LogP contribution in [0.5, 0.6) is 0 Å². The number of fused-ring (bicyclic) bond motifs is 3. The molecule has 0 unspecified atom stereocenters. The van der Waals surface area contributed by atoms with E-state index in [-0.39, 0.29) is 22.8 Å². The average Bonchev–Trinajstić information content (AvgIpc) is 2.88. The van der Waals surface area contributed by atoms with E-state index < -0.39 is 28.7 Å². The van der Waals surface area contributed by atoms with Gasteiger partial charge in [-0.15, -0.1) is 10.2 Å². The quantitative estimate of drug-likeness (QED) is 0.562. The first kappa shape index (κ1) is 18.6. The fourth-order valence-electron chi connectivity index (χ4n) is 3.30. The van der Waals surface area contributed by atoms with E-state index in [9.17, 15) is 17.6 Å². The molecule has 2 heterocycles. The van der Waals surface area contributed by atoms with Crippen molar-refractivity contribution < 1.29 is 17.6 Å². The number of nitrogens with zero attached hydrogens (tertiary/aromatic N) is 4. The monoisotopic (exact) mass is 408 g/mol. The van der Waals surface area contributed by atoms with Gasteiger partial charge in [-0.1, -0.05) is 17.7 Å². The summed E-state index contributed by atoms with van der Waals surface area (Å²) in [6, 6.07) is 5.95. The third kappa shape index (κ3) is 2.79. The molecule has 4 rings (SSSR count). The third-order valence-electron chi connectivity index (χ3n) is 4.54. The zero-order valence-corrected chi connectivity index (χ0v) is 15.5. The zero-order chi connectivity index (χ0) is 20.2. The van der Waals surface area contributed by atoms with Gasteiger partial charge in [0.1, 0.15) is 24.0 Å². The maximum Gasteiger partial charge on any atom is 0.271 e. The first-order valence-corrected chi connectivity index (χ1v) is 8.69. The Kier molecular flexibility index (Phi) is 4.26. The minimum atomic E-state index is -3.26. The Hall–Kier alpha value is -2.74. The number of halogens is 5. The Bertz CT molecular complexity index is 1110. The summed E-state index contributed by atoms with van der Waals surface area (Å²) in [5.41, 5.74) is -0.711. The summed E-state index contributed by atoms with van der Waals surface area (Å²) in [6.07, 6.45) is 0. The summed E-state index contributed by atoms with van der Waals surface area (Å²) in [5, 5.41) is 7.67. The van der Waals surface area contributed by atoms with Crippen LogP contribution >= 0.6 is 11.6 Å². The highest BCUT2D eigenvalue weighted by Crippen LogP contribution is 2.40. The molecule has 0 spiro atoms. The molecule has 0 radical (unpaired) electrons. The minimum absolute atomic E-state index is 0.00587. The molecule has 1 aliphatic heterocycles. The lowest BCUT2D eigenvalue weighted by Crippen LogP contribution is -2.16. The predicted molar refractivity (Wildman–Crippen MR) is 96.4 cm³/mol. The van der Waals surface area contributed by atoms with Crippen molar-refractivity contribution in [2.45, 2.75) is 26.3 Å². The van der Waals surface area contributed by atoms with E-state index in [1.165, 1.54) is 18.2 Å². The average molecular weight is 409 g/mol. The lowest BCUT2D eigenvalue weighted by molar-refractivity contribution is 0.0176. The van der Waals surface area contributed by atoms with Crippen LogP contribution in [0.3, 0.4) is 0 Å². The van der Waals surface area contributed by atoms with Gasteiger partial charge in [0.2, 0.25) is 0 Å². The van der Waals surface area contributed by atoms with E-state index in [1.54, 1.807) is 11.5 Å². The molecule has 0 saturated heterocycles. The molecule has 0 bridgehead atoms. The Balaban J connectivity index is 2.11.